The molecule has 0 aliphatic heterocycles. The third kappa shape index (κ3) is 3.32. The van der Waals surface area contributed by atoms with Gasteiger partial charge in [-0.2, -0.15) is 0 Å². The minimum atomic E-state index is -1.23. The average molecular weight is 325 g/mol. The monoisotopic (exact) mass is 324 g/mol. The Morgan fingerprint density at radius 1 is 1.26 bits per heavy atom. The SMILES string of the molecule is O=C(O)c1cc(Br)cc(F)c1OCc1ccccc1. The maximum Gasteiger partial charge on any atom is 0.339 e. The number of ether oxygens (including phenoxy) is 1. The van der Waals surface area contributed by atoms with Gasteiger partial charge in [-0.25, -0.2) is 9.18 Å². The van der Waals surface area contributed by atoms with Crippen LogP contribution >= 0.6 is 15.9 Å². The van der Waals surface area contributed by atoms with E-state index in [0.29, 0.717) is 4.47 Å². The lowest BCUT2D eigenvalue weighted by atomic mass is 10.2. The molecule has 0 unspecified atom stereocenters. The fourth-order valence-electron chi connectivity index (χ4n) is 1.60. The van der Waals surface area contributed by atoms with Gasteiger partial charge in [-0.1, -0.05) is 46.3 Å². The molecule has 2 rings (SSSR count). The third-order valence-corrected chi connectivity index (χ3v) is 2.92. The van der Waals surface area contributed by atoms with Crippen molar-refractivity contribution in [2.45, 2.75) is 6.61 Å². The zero-order valence-electron chi connectivity index (χ0n) is 9.77. The second-order valence-corrected chi connectivity index (χ2v) is 4.76. The summed E-state index contributed by atoms with van der Waals surface area (Å²) >= 11 is 3.05. The van der Waals surface area contributed by atoms with Crippen LogP contribution in [0.2, 0.25) is 0 Å². The van der Waals surface area contributed by atoms with Crippen molar-refractivity contribution in [1.29, 1.82) is 0 Å². The summed E-state index contributed by atoms with van der Waals surface area (Å²) in [6, 6.07) is 11.6. The molecule has 0 amide bonds. The van der Waals surface area contributed by atoms with E-state index in [9.17, 15) is 9.18 Å². The average Bonchev–Trinajstić information content (AvgIpc) is 2.38. The van der Waals surface area contributed by atoms with Gasteiger partial charge < -0.3 is 9.84 Å². The van der Waals surface area contributed by atoms with Crippen molar-refractivity contribution in [3.8, 4) is 5.75 Å². The highest BCUT2D eigenvalue weighted by atomic mass is 79.9. The molecule has 0 aromatic heterocycles. The molecule has 0 aliphatic rings. The minimum absolute atomic E-state index is 0.111. The van der Waals surface area contributed by atoms with Gasteiger partial charge in [0.05, 0.1) is 0 Å². The number of halogens is 2. The van der Waals surface area contributed by atoms with Gasteiger partial charge in [-0.05, 0) is 17.7 Å². The molecular formula is C14H10BrFO3. The van der Waals surface area contributed by atoms with Crippen LogP contribution in [-0.4, -0.2) is 11.1 Å². The summed E-state index contributed by atoms with van der Waals surface area (Å²) in [6.07, 6.45) is 0. The number of carbonyl (C=O) groups is 1. The summed E-state index contributed by atoms with van der Waals surface area (Å²) in [6.45, 7) is 0.111. The minimum Gasteiger partial charge on any atom is -0.485 e. The molecule has 3 nitrogen and oxygen atoms in total. The molecule has 0 saturated carbocycles. The maximum atomic E-state index is 13.8. The van der Waals surface area contributed by atoms with E-state index < -0.39 is 11.8 Å². The summed E-state index contributed by atoms with van der Waals surface area (Å²) in [5.74, 6) is -2.19. The number of hydrogen-bond donors (Lipinski definition) is 1. The van der Waals surface area contributed by atoms with Crippen molar-refractivity contribution in [2.24, 2.45) is 0 Å². The third-order valence-electron chi connectivity index (χ3n) is 2.46. The molecule has 2 aromatic carbocycles. The standard InChI is InChI=1S/C14H10BrFO3/c15-10-6-11(14(17)18)13(12(16)7-10)19-8-9-4-2-1-3-5-9/h1-7H,8H2,(H,17,18). The van der Waals surface area contributed by atoms with Crippen LogP contribution in [0.5, 0.6) is 5.75 Å². The maximum absolute atomic E-state index is 13.8. The highest BCUT2D eigenvalue weighted by molar-refractivity contribution is 9.10. The predicted octanol–water partition coefficient (Wildman–Crippen LogP) is 3.87. The van der Waals surface area contributed by atoms with Crippen molar-refractivity contribution in [2.75, 3.05) is 0 Å². The highest BCUT2D eigenvalue weighted by Crippen LogP contribution is 2.28. The number of benzene rings is 2. The van der Waals surface area contributed by atoms with Crippen LogP contribution in [0.1, 0.15) is 15.9 Å². The van der Waals surface area contributed by atoms with Crippen LogP contribution < -0.4 is 4.74 Å². The normalized spacial score (nSPS) is 10.2. The first-order valence-corrected chi connectivity index (χ1v) is 6.26. The zero-order valence-corrected chi connectivity index (χ0v) is 11.4. The first kappa shape index (κ1) is 13.5. The molecule has 2 aromatic rings. The summed E-state index contributed by atoms with van der Waals surface area (Å²) in [4.78, 5) is 11.1. The van der Waals surface area contributed by atoms with Crippen molar-refractivity contribution >= 4 is 21.9 Å². The van der Waals surface area contributed by atoms with E-state index >= 15 is 0 Å². The molecule has 0 bridgehead atoms. The summed E-state index contributed by atoms with van der Waals surface area (Å²) in [5.41, 5.74) is 0.629. The van der Waals surface area contributed by atoms with Gasteiger partial charge in [-0.15, -0.1) is 0 Å². The van der Waals surface area contributed by atoms with Crippen LogP contribution in [0.25, 0.3) is 0 Å². The van der Waals surface area contributed by atoms with Gasteiger partial charge in [0, 0.05) is 4.47 Å². The molecule has 19 heavy (non-hydrogen) atoms. The van der Waals surface area contributed by atoms with E-state index in [-0.39, 0.29) is 17.9 Å². The Kier molecular flexibility index (Phi) is 4.16. The lowest BCUT2D eigenvalue weighted by Gasteiger charge is -2.10. The van der Waals surface area contributed by atoms with E-state index in [1.165, 1.54) is 12.1 Å². The quantitative estimate of drug-likeness (QED) is 0.928. The molecule has 0 spiro atoms. The Morgan fingerprint density at radius 2 is 1.95 bits per heavy atom. The Morgan fingerprint density at radius 3 is 2.58 bits per heavy atom. The number of hydrogen-bond acceptors (Lipinski definition) is 2. The molecule has 0 atom stereocenters. The topological polar surface area (TPSA) is 46.5 Å². The van der Waals surface area contributed by atoms with Gasteiger partial charge in [-0.3, -0.25) is 0 Å². The molecule has 98 valence electrons. The Labute approximate surface area is 117 Å². The Bertz CT molecular complexity index is 599. The lowest BCUT2D eigenvalue weighted by Crippen LogP contribution is -2.05. The second-order valence-electron chi connectivity index (χ2n) is 3.84. The fraction of sp³-hybridized carbons (Fsp3) is 0.0714. The van der Waals surface area contributed by atoms with E-state index in [4.69, 9.17) is 9.84 Å². The van der Waals surface area contributed by atoms with Crippen LogP contribution in [-0.2, 0) is 6.61 Å². The summed E-state index contributed by atoms with van der Waals surface area (Å²) in [7, 11) is 0. The van der Waals surface area contributed by atoms with Crippen molar-refractivity contribution in [3.63, 3.8) is 0 Å². The van der Waals surface area contributed by atoms with Gasteiger partial charge in [0.15, 0.2) is 11.6 Å². The number of rotatable bonds is 4. The molecule has 0 fully saturated rings. The number of carboxylic acids is 1. The fourth-order valence-corrected chi connectivity index (χ4v) is 2.03. The van der Waals surface area contributed by atoms with Crippen molar-refractivity contribution in [3.05, 3.63) is 63.9 Å². The molecule has 0 saturated heterocycles. The molecule has 0 heterocycles. The first-order chi connectivity index (χ1) is 9.08. The van der Waals surface area contributed by atoms with Crippen LogP contribution in [0.15, 0.2) is 46.9 Å². The van der Waals surface area contributed by atoms with Crippen LogP contribution in [0.4, 0.5) is 4.39 Å². The molecule has 0 radical (unpaired) electrons. The Balaban J connectivity index is 2.27. The Hall–Kier alpha value is -1.88. The van der Waals surface area contributed by atoms with E-state index in [2.05, 4.69) is 15.9 Å². The molecular weight excluding hydrogens is 315 g/mol. The number of carboxylic acid groups (broad SMARTS) is 1. The van der Waals surface area contributed by atoms with Gasteiger partial charge >= 0.3 is 5.97 Å². The lowest BCUT2D eigenvalue weighted by molar-refractivity contribution is 0.0690. The summed E-state index contributed by atoms with van der Waals surface area (Å²) in [5, 5.41) is 9.04. The zero-order chi connectivity index (χ0) is 13.8. The molecule has 1 N–H and O–H groups in total. The van der Waals surface area contributed by atoms with Crippen LogP contribution in [0, 0.1) is 5.82 Å². The second kappa shape index (κ2) is 5.84. The number of aromatic carboxylic acids is 1. The van der Waals surface area contributed by atoms with Gasteiger partial charge in [0.2, 0.25) is 0 Å². The van der Waals surface area contributed by atoms with Crippen molar-refractivity contribution in [1.82, 2.24) is 0 Å². The van der Waals surface area contributed by atoms with E-state index in [1.54, 1.807) is 0 Å². The smallest absolute Gasteiger partial charge is 0.339 e. The molecule has 5 heteroatoms. The highest BCUT2D eigenvalue weighted by Gasteiger charge is 2.17. The predicted molar refractivity (Wildman–Crippen MR) is 71.8 cm³/mol. The van der Waals surface area contributed by atoms with Crippen LogP contribution in [0.3, 0.4) is 0 Å². The first-order valence-electron chi connectivity index (χ1n) is 5.47. The van der Waals surface area contributed by atoms with Crippen molar-refractivity contribution < 1.29 is 19.0 Å². The van der Waals surface area contributed by atoms with E-state index in [1.807, 2.05) is 30.3 Å². The summed E-state index contributed by atoms with van der Waals surface area (Å²) < 4.78 is 19.4. The van der Waals surface area contributed by atoms with E-state index in [0.717, 1.165) is 5.56 Å². The van der Waals surface area contributed by atoms with Gasteiger partial charge in [0.1, 0.15) is 12.2 Å². The van der Waals surface area contributed by atoms with Gasteiger partial charge in [0.25, 0.3) is 0 Å². The molecule has 0 aliphatic carbocycles. The largest absolute Gasteiger partial charge is 0.485 e.